The summed E-state index contributed by atoms with van der Waals surface area (Å²) in [6.45, 7) is 8.41. The highest BCUT2D eigenvalue weighted by Crippen LogP contribution is 2.20. The molecular formula is C23H27N3O3. The summed E-state index contributed by atoms with van der Waals surface area (Å²) in [5.74, 6) is -1.18. The fraction of sp³-hybridized carbons (Fsp3) is 0.348. The standard InChI is InChI=1S/C23H27N3O3/c1-6-12-26-16(2)13-19(17(26)3)14-20(15-24)23(28)29-18(4)22(27)25(5)21-10-8-7-9-11-21/h7-11,13-14,18H,6,12H2,1-5H3/b20-14+. The summed E-state index contributed by atoms with van der Waals surface area (Å²) < 4.78 is 7.42. The number of aryl methyl sites for hydroxylation is 1. The van der Waals surface area contributed by atoms with Crippen molar-refractivity contribution in [2.75, 3.05) is 11.9 Å². The van der Waals surface area contributed by atoms with Gasteiger partial charge in [0.05, 0.1) is 0 Å². The number of anilines is 1. The number of benzene rings is 1. The molecule has 1 atom stereocenters. The van der Waals surface area contributed by atoms with E-state index in [2.05, 4.69) is 11.5 Å². The van der Waals surface area contributed by atoms with Crippen LogP contribution in [0.3, 0.4) is 0 Å². The Morgan fingerprint density at radius 3 is 2.52 bits per heavy atom. The Morgan fingerprint density at radius 2 is 1.93 bits per heavy atom. The molecule has 0 saturated carbocycles. The summed E-state index contributed by atoms with van der Waals surface area (Å²) in [6.07, 6.45) is 1.49. The van der Waals surface area contributed by atoms with Gasteiger partial charge >= 0.3 is 5.97 Å². The van der Waals surface area contributed by atoms with Crippen molar-refractivity contribution >= 4 is 23.6 Å². The first-order valence-electron chi connectivity index (χ1n) is 9.62. The van der Waals surface area contributed by atoms with E-state index in [-0.39, 0.29) is 11.5 Å². The van der Waals surface area contributed by atoms with Crippen molar-refractivity contribution in [1.82, 2.24) is 4.57 Å². The average molecular weight is 393 g/mol. The number of aromatic nitrogens is 1. The third-order valence-corrected chi connectivity index (χ3v) is 4.81. The fourth-order valence-electron chi connectivity index (χ4n) is 3.16. The molecule has 1 heterocycles. The third-order valence-electron chi connectivity index (χ3n) is 4.81. The molecule has 0 aliphatic carbocycles. The predicted octanol–water partition coefficient (Wildman–Crippen LogP) is 4.02. The quantitative estimate of drug-likeness (QED) is 0.404. The van der Waals surface area contributed by atoms with Crippen LogP contribution in [0.1, 0.15) is 37.2 Å². The van der Waals surface area contributed by atoms with E-state index in [4.69, 9.17) is 4.74 Å². The van der Waals surface area contributed by atoms with Crippen molar-refractivity contribution < 1.29 is 14.3 Å². The molecule has 0 saturated heterocycles. The number of hydrogen-bond donors (Lipinski definition) is 0. The summed E-state index contributed by atoms with van der Waals surface area (Å²) in [7, 11) is 1.62. The second kappa shape index (κ2) is 9.74. The van der Waals surface area contributed by atoms with Crippen LogP contribution in [-0.4, -0.2) is 29.6 Å². The highest BCUT2D eigenvalue weighted by Gasteiger charge is 2.24. The van der Waals surface area contributed by atoms with Gasteiger partial charge in [-0.2, -0.15) is 5.26 Å². The number of nitriles is 1. The molecule has 1 aromatic heterocycles. The average Bonchev–Trinajstić information content (AvgIpc) is 2.98. The van der Waals surface area contributed by atoms with E-state index in [1.807, 2.05) is 44.2 Å². The molecule has 0 spiro atoms. The van der Waals surface area contributed by atoms with Gasteiger partial charge in [0.25, 0.3) is 5.91 Å². The summed E-state index contributed by atoms with van der Waals surface area (Å²) in [5.41, 5.74) is 3.40. The number of nitrogens with zero attached hydrogens (tertiary/aromatic N) is 3. The highest BCUT2D eigenvalue weighted by atomic mass is 16.5. The molecule has 0 radical (unpaired) electrons. The molecule has 0 fully saturated rings. The summed E-state index contributed by atoms with van der Waals surface area (Å²) in [4.78, 5) is 26.5. The van der Waals surface area contributed by atoms with Gasteiger partial charge in [0.2, 0.25) is 0 Å². The van der Waals surface area contributed by atoms with E-state index in [1.54, 1.807) is 19.2 Å². The Bertz CT molecular complexity index is 952. The Balaban J connectivity index is 2.16. The minimum absolute atomic E-state index is 0.135. The largest absolute Gasteiger partial charge is 0.448 e. The van der Waals surface area contributed by atoms with E-state index in [0.717, 1.165) is 29.9 Å². The maximum absolute atomic E-state index is 12.6. The lowest BCUT2D eigenvalue weighted by molar-refractivity contribution is -0.149. The molecule has 1 amide bonds. The number of esters is 1. The van der Waals surface area contributed by atoms with Crippen LogP contribution in [0.15, 0.2) is 42.0 Å². The lowest BCUT2D eigenvalue weighted by atomic mass is 10.1. The number of hydrogen-bond acceptors (Lipinski definition) is 4. The van der Waals surface area contributed by atoms with Crippen molar-refractivity contribution in [2.24, 2.45) is 0 Å². The van der Waals surface area contributed by atoms with Gasteiger partial charge in [-0.3, -0.25) is 4.79 Å². The molecular weight excluding hydrogens is 366 g/mol. The monoisotopic (exact) mass is 393 g/mol. The third kappa shape index (κ3) is 5.14. The molecule has 2 rings (SSSR count). The summed E-state index contributed by atoms with van der Waals surface area (Å²) in [6, 6.07) is 12.9. The zero-order valence-corrected chi connectivity index (χ0v) is 17.6. The number of rotatable bonds is 7. The lowest BCUT2D eigenvalue weighted by Crippen LogP contribution is -2.37. The van der Waals surface area contributed by atoms with Gasteiger partial charge in [0, 0.05) is 30.7 Å². The molecule has 0 bridgehead atoms. The SMILES string of the molecule is CCCn1c(C)cc(/C=C(\C#N)C(=O)OC(C)C(=O)N(C)c2ccccc2)c1C. The van der Waals surface area contributed by atoms with Crippen molar-refractivity contribution in [3.8, 4) is 6.07 Å². The first-order chi connectivity index (χ1) is 13.8. The topological polar surface area (TPSA) is 75.3 Å². The van der Waals surface area contributed by atoms with E-state index < -0.39 is 12.1 Å². The van der Waals surface area contributed by atoms with Gasteiger partial charge in [-0.1, -0.05) is 25.1 Å². The van der Waals surface area contributed by atoms with Crippen LogP contribution in [0.25, 0.3) is 6.08 Å². The zero-order valence-electron chi connectivity index (χ0n) is 17.6. The smallest absolute Gasteiger partial charge is 0.349 e. The van der Waals surface area contributed by atoms with Gasteiger partial charge in [0.15, 0.2) is 6.10 Å². The molecule has 6 heteroatoms. The van der Waals surface area contributed by atoms with E-state index in [9.17, 15) is 14.9 Å². The first kappa shape index (κ1) is 22.0. The molecule has 0 aliphatic heterocycles. The van der Waals surface area contributed by atoms with Crippen LogP contribution >= 0.6 is 0 Å². The molecule has 0 aliphatic rings. The molecule has 152 valence electrons. The van der Waals surface area contributed by atoms with Crippen LogP contribution in [0.4, 0.5) is 5.69 Å². The Kier molecular flexibility index (Phi) is 7.38. The van der Waals surface area contributed by atoms with E-state index in [0.29, 0.717) is 5.69 Å². The van der Waals surface area contributed by atoms with Crippen LogP contribution in [-0.2, 0) is 20.9 Å². The van der Waals surface area contributed by atoms with Crippen LogP contribution in [0.2, 0.25) is 0 Å². The molecule has 1 unspecified atom stereocenters. The zero-order chi connectivity index (χ0) is 21.6. The number of amides is 1. The minimum atomic E-state index is -1.02. The molecule has 6 nitrogen and oxygen atoms in total. The maximum Gasteiger partial charge on any atom is 0.349 e. The van der Waals surface area contributed by atoms with E-state index >= 15 is 0 Å². The van der Waals surface area contributed by atoms with Crippen molar-refractivity contribution in [2.45, 2.75) is 46.8 Å². The molecule has 2 aromatic rings. The molecule has 1 aromatic carbocycles. The number of para-hydroxylation sites is 1. The van der Waals surface area contributed by atoms with Gasteiger partial charge in [-0.15, -0.1) is 0 Å². The normalized spacial score (nSPS) is 12.2. The van der Waals surface area contributed by atoms with Crippen molar-refractivity contribution in [3.05, 3.63) is 58.9 Å². The van der Waals surface area contributed by atoms with Gasteiger partial charge in [-0.05, 0) is 57.0 Å². The predicted molar refractivity (Wildman–Crippen MR) is 113 cm³/mol. The van der Waals surface area contributed by atoms with Gasteiger partial charge < -0.3 is 14.2 Å². The number of carbonyl (C=O) groups is 2. The van der Waals surface area contributed by atoms with Crippen LogP contribution in [0.5, 0.6) is 0 Å². The highest BCUT2D eigenvalue weighted by molar-refractivity contribution is 6.01. The molecule has 29 heavy (non-hydrogen) atoms. The lowest BCUT2D eigenvalue weighted by Gasteiger charge is -2.21. The van der Waals surface area contributed by atoms with Crippen molar-refractivity contribution in [1.29, 1.82) is 5.26 Å². The first-order valence-corrected chi connectivity index (χ1v) is 9.62. The maximum atomic E-state index is 12.6. The van der Waals surface area contributed by atoms with Crippen LogP contribution in [0, 0.1) is 25.2 Å². The van der Waals surface area contributed by atoms with Crippen LogP contribution < -0.4 is 4.90 Å². The number of likely N-dealkylation sites (N-methyl/N-ethyl adjacent to an activating group) is 1. The Hall–Kier alpha value is -3.33. The summed E-state index contributed by atoms with van der Waals surface area (Å²) in [5, 5.41) is 9.45. The van der Waals surface area contributed by atoms with Crippen molar-refractivity contribution in [3.63, 3.8) is 0 Å². The fourth-order valence-corrected chi connectivity index (χ4v) is 3.16. The molecule has 0 N–H and O–H groups in total. The Labute approximate surface area is 172 Å². The van der Waals surface area contributed by atoms with Gasteiger partial charge in [0.1, 0.15) is 11.6 Å². The minimum Gasteiger partial charge on any atom is -0.448 e. The second-order valence-electron chi connectivity index (χ2n) is 6.93. The summed E-state index contributed by atoms with van der Waals surface area (Å²) >= 11 is 0. The Morgan fingerprint density at radius 1 is 1.28 bits per heavy atom. The second-order valence-corrected chi connectivity index (χ2v) is 6.93. The van der Waals surface area contributed by atoms with E-state index in [1.165, 1.54) is 17.9 Å². The van der Waals surface area contributed by atoms with Gasteiger partial charge in [-0.25, -0.2) is 4.79 Å². The number of ether oxygens (including phenoxy) is 1. The number of carbonyl (C=O) groups excluding carboxylic acids is 2.